The van der Waals surface area contributed by atoms with Gasteiger partial charge in [0.15, 0.2) is 11.5 Å². The van der Waals surface area contributed by atoms with E-state index in [2.05, 4.69) is 24.5 Å². The summed E-state index contributed by atoms with van der Waals surface area (Å²) in [5.41, 5.74) is 0.205. The van der Waals surface area contributed by atoms with Crippen molar-refractivity contribution in [2.45, 2.75) is 90.9 Å². The van der Waals surface area contributed by atoms with Gasteiger partial charge < -0.3 is 39.9 Å². The Morgan fingerprint density at radius 1 is 1.11 bits per heavy atom. The Morgan fingerprint density at radius 2 is 1.80 bits per heavy atom. The summed E-state index contributed by atoms with van der Waals surface area (Å²) >= 11 is 0. The molecule has 1 aliphatic carbocycles. The molecular weight excluding hydrogens is 574 g/mol. The van der Waals surface area contributed by atoms with Crippen molar-refractivity contribution in [3.8, 4) is 11.5 Å². The van der Waals surface area contributed by atoms with Gasteiger partial charge in [-0.1, -0.05) is 33.8 Å². The number of benzene rings is 1. The first-order chi connectivity index (χ1) is 20.8. The number of carboxylic acid groups (broad SMARTS) is 1. The summed E-state index contributed by atoms with van der Waals surface area (Å²) in [6.07, 6.45) is 0.995. The maximum absolute atomic E-state index is 13.2. The molecule has 13 heteroatoms. The van der Waals surface area contributed by atoms with Gasteiger partial charge in [0.25, 0.3) is 5.09 Å². The molecule has 0 heterocycles. The number of amides is 2. The normalized spacial score (nSPS) is 19.0. The van der Waals surface area contributed by atoms with Crippen LogP contribution in [0.5, 0.6) is 11.5 Å². The zero-order valence-electron chi connectivity index (χ0n) is 26.9. The van der Waals surface area contributed by atoms with Crippen LogP contribution >= 0.6 is 0 Å². The van der Waals surface area contributed by atoms with Gasteiger partial charge in [-0.25, -0.2) is 4.79 Å². The van der Waals surface area contributed by atoms with Gasteiger partial charge in [-0.05, 0) is 74.0 Å². The lowest BCUT2D eigenvalue weighted by molar-refractivity contribution is -0.769. The second kappa shape index (κ2) is 17.8. The van der Waals surface area contributed by atoms with Crippen molar-refractivity contribution in [2.75, 3.05) is 34.0 Å². The molecule has 1 aliphatic rings. The molecule has 0 saturated heterocycles. The first-order valence-electron chi connectivity index (χ1n) is 15.3. The fraction of sp³-hybridized carbons (Fsp3) is 0.742. The molecule has 0 aliphatic heterocycles. The van der Waals surface area contributed by atoms with Crippen LogP contribution in [0.25, 0.3) is 0 Å². The average Bonchev–Trinajstić information content (AvgIpc) is 2.96. The van der Waals surface area contributed by atoms with Crippen molar-refractivity contribution in [3.05, 3.63) is 33.9 Å². The third kappa shape index (κ3) is 11.6. The third-order valence-electron chi connectivity index (χ3n) is 8.74. The fourth-order valence-corrected chi connectivity index (χ4v) is 5.80. The molecule has 4 N–H and O–H groups in total. The van der Waals surface area contributed by atoms with Crippen LogP contribution in [0, 0.1) is 33.3 Å². The van der Waals surface area contributed by atoms with E-state index < -0.39 is 34.8 Å². The van der Waals surface area contributed by atoms with Crippen LogP contribution in [0.2, 0.25) is 0 Å². The van der Waals surface area contributed by atoms with Crippen molar-refractivity contribution >= 4 is 12.0 Å². The summed E-state index contributed by atoms with van der Waals surface area (Å²) < 4.78 is 16.5. The van der Waals surface area contributed by atoms with E-state index in [4.69, 9.17) is 19.0 Å². The summed E-state index contributed by atoms with van der Waals surface area (Å²) in [5, 5.41) is 35.8. The van der Waals surface area contributed by atoms with E-state index in [0.29, 0.717) is 63.2 Å². The van der Waals surface area contributed by atoms with Gasteiger partial charge in [0.05, 0.1) is 25.9 Å². The predicted octanol–water partition coefficient (Wildman–Crippen LogP) is 4.22. The highest BCUT2D eigenvalue weighted by Gasteiger charge is 2.40. The lowest BCUT2D eigenvalue weighted by Crippen LogP contribution is -2.51. The number of ether oxygens (including phenoxy) is 3. The van der Waals surface area contributed by atoms with Crippen molar-refractivity contribution in [1.29, 1.82) is 0 Å². The molecule has 44 heavy (non-hydrogen) atoms. The number of carbonyl (C=O) groups is 2. The minimum absolute atomic E-state index is 0.0000482. The number of nitrogens with one attached hydrogen (secondary N) is 2. The Labute approximate surface area is 260 Å². The quantitative estimate of drug-likeness (QED) is 0.0988. The molecule has 0 unspecified atom stereocenters. The van der Waals surface area contributed by atoms with Crippen LogP contribution in [0.15, 0.2) is 18.2 Å². The summed E-state index contributed by atoms with van der Waals surface area (Å²) in [4.78, 5) is 40.2. The summed E-state index contributed by atoms with van der Waals surface area (Å²) in [6, 6.07) is 4.90. The Bertz CT molecular complexity index is 1060. The van der Waals surface area contributed by atoms with Gasteiger partial charge in [0, 0.05) is 32.1 Å². The molecular formula is C31H51N3O10. The first-order valence-corrected chi connectivity index (χ1v) is 15.3. The van der Waals surface area contributed by atoms with Gasteiger partial charge in [-0.2, -0.15) is 0 Å². The first kappa shape index (κ1) is 36.9. The van der Waals surface area contributed by atoms with Crippen LogP contribution in [0.3, 0.4) is 0 Å². The Balaban J connectivity index is 2.05. The zero-order chi connectivity index (χ0) is 32.9. The molecule has 3 atom stereocenters. The lowest BCUT2D eigenvalue weighted by Gasteiger charge is -2.38. The van der Waals surface area contributed by atoms with Gasteiger partial charge in [0.2, 0.25) is 5.91 Å². The van der Waals surface area contributed by atoms with E-state index >= 15 is 0 Å². The van der Waals surface area contributed by atoms with Gasteiger partial charge >= 0.3 is 6.09 Å². The second-order valence-corrected chi connectivity index (χ2v) is 12.5. The predicted molar refractivity (Wildman–Crippen MR) is 163 cm³/mol. The minimum atomic E-state index is -1.26. The molecule has 2 rings (SSSR count). The van der Waals surface area contributed by atoms with E-state index in [1.54, 1.807) is 14.2 Å². The summed E-state index contributed by atoms with van der Waals surface area (Å²) in [5.74, 6) is 1.12. The van der Waals surface area contributed by atoms with Gasteiger partial charge in [-0.3, -0.25) is 4.79 Å². The highest BCUT2D eigenvalue weighted by atomic mass is 17.0. The maximum Gasteiger partial charge on any atom is 0.404 e. The smallest absolute Gasteiger partial charge is 0.404 e. The van der Waals surface area contributed by atoms with Crippen LogP contribution in [0.4, 0.5) is 4.79 Å². The number of nitrogens with zero attached hydrogens (tertiary/aromatic N) is 1. The molecule has 1 fully saturated rings. The van der Waals surface area contributed by atoms with Crippen molar-refractivity contribution in [3.63, 3.8) is 0 Å². The highest BCUT2D eigenvalue weighted by Crippen LogP contribution is 2.39. The fourth-order valence-electron chi connectivity index (χ4n) is 5.80. The molecule has 2 amide bonds. The number of aliphatic hydroxyl groups excluding tert-OH is 1. The van der Waals surface area contributed by atoms with E-state index in [-0.39, 0.29) is 30.2 Å². The van der Waals surface area contributed by atoms with Gasteiger partial charge in [-0.15, -0.1) is 10.1 Å². The number of methoxy groups -OCH3 is 2. The topological polar surface area (TPSA) is 179 Å². The van der Waals surface area contributed by atoms with Crippen LogP contribution < -0.4 is 20.1 Å². The van der Waals surface area contributed by atoms with Crippen molar-refractivity contribution in [1.82, 2.24) is 10.6 Å². The molecule has 1 aromatic carbocycles. The SMILES string of the molecule is COCCCOc1cc(C[C@@H](C[C@H](NC(=O)O)[C@@H](O)CNC(=O)C(C)(C)C2CCC(O[N+](=O)[O-])CC2)C(C)C)ccc1OC. The minimum Gasteiger partial charge on any atom is -0.493 e. The monoisotopic (exact) mass is 625 g/mol. The number of hydrogen-bond acceptors (Lipinski definition) is 9. The lowest BCUT2D eigenvalue weighted by atomic mass is 9.70. The number of carbonyl (C=O) groups excluding carboxylic acids is 1. The summed E-state index contributed by atoms with van der Waals surface area (Å²) in [7, 11) is 3.22. The van der Waals surface area contributed by atoms with E-state index in [1.165, 1.54) is 0 Å². The van der Waals surface area contributed by atoms with E-state index in [1.807, 2.05) is 32.0 Å². The van der Waals surface area contributed by atoms with Gasteiger partial charge in [0.1, 0.15) is 6.10 Å². The van der Waals surface area contributed by atoms with Crippen LogP contribution in [-0.2, 0) is 20.8 Å². The zero-order valence-corrected chi connectivity index (χ0v) is 26.9. The molecule has 250 valence electrons. The molecule has 13 nitrogen and oxygen atoms in total. The van der Waals surface area contributed by atoms with Crippen molar-refractivity contribution < 1.29 is 43.9 Å². The Hall–Kier alpha value is -3.32. The molecule has 1 aromatic rings. The van der Waals surface area contributed by atoms with E-state index in [9.17, 15) is 29.9 Å². The summed E-state index contributed by atoms with van der Waals surface area (Å²) in [6.45, 7) is 8.67. The largest absolute Gasteiger partial charge is 0.493 e. The Morgan fingerprint density at radius 3 is 2.36 bits per heavy atom. The molecule has 0 radical (unpaired) electrons. The van der Waals surface area contributed by atoms with E-state index in [0.717, 1.165) is 12.0 Å². The standard InChI is InChI=1S/C31H51N3O10/c1-20(2)22(16-21-8-13-27(42-6)28(17-21)43-15-7-14-41-5)18-25(33-30(37)38)26(35)19-32-29(36)31(3,4)23-9-11-24(12-10-23)44-34(39)40/h8,13,17,20,22-26,33,35H,7,9-12,14-16,18-19H2,1-6H3,(H,32,36)(H,37,38)/t22-,23?,24?,25-,26-/m0/s1. The molecule has 0 aromatic heterocycles. The van der Waals surface area contributed by atoms with Crippen LogP contribution in [0.1, 0.15) is 71.8 Å². The number of aliphatic hydroxyl groups is 1. The molecule has 0 bridgehead atoms. The molecule has 1 saturated carbocycles. The second-order valence-electron chi connectivity index (χ2n) is 12.5. The average molecular weight is 626 g/mol. The number of hydrogen-bond donors (Lipinski definition) is 4. The molecule has 0 spiro atoms. The highest BCUT2D eigenvalue weighted by molar-refractivity contribution is 5.82. The number of rotatable bonds is 19. The van der Waals surface area contributed by atoms with Crippen LogP contribution in [-0.4, -0.2) is 79.5 Å². The van der Waals surface area contributed by atoms with Crippen molar-refractivity contribution in [2.24, 2.45) is 23.2 Å². The maximum atomic E-state index is 13.2. The third-order valence-corrected chi connectivity index (χ3v) is 8.74. The Kier molecular flexibility index (Phi) is 15.0.